The molecule has 0 unspecified atom stereocenters. The van der Waals surface area contributed by atoms with Crippen LogP contribution in [0.25, 0.3) is 0 Å². The van der Waals surface area contributed by atoms with Gasteiger partial charge >= 0.3 is 0 Å². The minimum atomic E-state index is -0.0606. The van der Waals surface area contributed by atoms with Crippen molar-refractivity contribution >= 4 is 21.8 Å². The molecule has 5 nitrogen and oxygen atoms in total. The molecule has 0 radical (unpaired) electrons. The van der Waals surface area contributed by atoms with Gasteiger partial charge in [0.25, 0.3) is 5.91 Å². The molecule has 1 aromatic rings. The highest BCUT2D eigenvalue weighted by molar-refractivity contribution is 9.10. The Morgan fingerprint density at radius 2 is 2.00 bits per heavy atom. The average Bonchev–Trinajstić information content (AvgIpc) is 2.48. The summed E-state index contributed by atoms with van der Waals surface area (Å²) in [4.78, 5) is 12.3. The van der Waals surface area contributed by atoms with Crippen molar-refractivity contribution in [2.45, 2.75) is 18.9 Å². The molecule has 108 valence electrons. The smallest absolute Gasteiger partial charge is 0.251 e. The molecular weight excluding hydrogens is 324 g/mol. The molecule has 3 rings (SSSR count). The van der Waals surface area contributed by atoms with Gasteiger partial charge in [-0.3, -0.25) is 4.79 Å². The van der Waals surface area contributed by atoms with Crippen molar-refractivity contribution in [2.75, 3.05) is 26.3 Å². The first-order chi connectivity index (χ1) is 9.74. The van der Waals surface area contributed by atoms with E-state index in [4.69, 9.17) is 9.47 Å². The topological polar surface area (TPSA) is 59.6 Å². The molecule has 2 N–H and O–H groups in total. The number of amides is 1. The monoisotopic (exact) mass is 340 g/mol. The summed E-state index contributed by atoms with van der Waals surface area (Å²) in [5.74, 6) is 1.24. The minimum Gasteiger partial charge on any atom is -0.486 e. The van der Waals surface area contributed by atoms with E-state index in [1.807, 2.05) is 0 Å². The number of fused-ring (bicyclic) bond motifs is 1. The Hall–Kier alpha value is -1.27. The first-order valence-corrected chi connectivity index (χ1v) is 7.64. The summed E-state index contributed by atoms with van der Waals surface area (Å²) >= 11 is 3.43. The van der Waals surface area contributed by atoms with Crippen molar-refractivity contribution in [3.05, 3.63) is 22.2 Å². The number of carbonyl (C=O) groups excluding carboxylic acids is 1. The molecule has 2 aliphatic heterocycles. The van der Waals surface area contributed by atoms with Crippen molar-refractivity contribution in [2.24, 2.45) is 0 Å². The number of hydrogen-bond acceptors (Lipinski definition) is 4. The van der Waals surface area contributed by atoms with E-state index in [2.05, 4.69) is 26.6 Å². The third-order valence-corrected chi connectivity index (χ3v) is 4.12. The van der Waals surface area contributed by atoms with Crippen molar-refractivity contribution in [3.8, 4) is 11.5 Å². The summed E-state index contributed by atoms with van der Waals surface area (Å²) in [6, 6.07) is 3.77. The average molecular weight is 341 g/mol. The van der Waals surface area contributed by atoms with Gasteiger partial charge in [-0.25, -0.2) is 0 Å². The van der Waals surface area contributed by atoms with Crippen LogP contribution in [0.4, 0.5) is 0 Å². The van der Waals surface area contributed by atoms with Crippen LogP contribution in [-0.4, -0.2) is 38.3 Å². The fourth-order valence-electron chi connectivity index (χ4n) is 2.48. The number of carbonyl (C=O) groups is 1. The van der Waals surface area contributed by atoms with Gasteiger partial charge in [0.1, 0.15) is 13.2 Å². The Morgan fingerprint density at radius 1 is 1.25 bits per heavy atom. The lowest BCUT2D eigenvalue weighted by atomic mass is 10.1. The standard InChI is InChI=1S/C14H17BrN2O3/c15-11-7-9(8-12-13(11)20-6-5-19-12)14(18)17-10-1-3-16-4-2-10/h7-8,10,16H,1-6H2,(H,17,18). The van der Waals surface area contributed by atoms with E-state index < -0.39 is 0 Å². The van der Waals surface area contributed by atoms with Crippen LogP contribution in [0.15, 0.2) is 16.6 Å². The Bertz CT molecular complexity index is 515. The number of halogens is 1. The van der Waals surface area contributed by atoms with E-state index in [1.54, 1.807) is 12.1 Å². The fourth-order valence-corrected chi connectivity index (χ4v) is 3.03. The van der Waals surface area contributed by atoms with Gasteiger partial charge in [0, 0.05) is 11.6 Å². The minimum absolute atomic E-state index is 0.0606. The molecule has 2 aliphatic rings. The summed E-state index contributed by atoms with van der Waals surface area (Å²) in [7, 11) is 0. The van der Waals surface area contributed by atoms with Gasteiger partial charge in [0.05, 0.1) is 4.47 Å². The maximum atomic E-state index is 12.3. The third-order valence-electron chi connectivity index (χ3n) is 3.53. The van der Waals surface area contributed by atoms with E-state index >= 15 is 0 Å². The zero-order valence-corrected chi connectivity index (χ0v) is 12.7. The highest BCUT2D eigenvalue weighted by Gasteiger charge is 2.21. The Labute approximate surface area is 126 Å². The third kappa shape index (κ3) is 2.91. The van der Waals surface area contributed by atoms with Crippen molar-refractivity contribution in [3.63, 3.8) is 0 Å². The normalized spacial score (nSPS) is 18.6. The molecule has 0 atom stereocenters. The lowest BCUT2D eigenvalue weighted by molar-refractivity contribution is 0.0928. The maximum Gasteiger partial charge on any atom is 0.251 e. The fraction of sp³-hybridized carbons (Fsp3) is 0.500. The van der Waals surface area contributed by atoms with E-state index in [9.17, 15) is 4.79 Å². The van der Waals surface area contributed by atoms with Crippen LogP contribution >= 0.6 is 15.9 Å². The molecule has 2 heterocycles. The summed E-state index contributed by atoms with van der Waals surface area (Å²) in [5, 5.41) is 6.36. The van der Waals surface area contributed by atoms with E-state index in [-0.39, 0.29) is 11.9 Å². The van der Waals surface area contributed by atoms with E-state index in [1.165, 1.54) is 0 Å². The van der Waals surface area contributed by atoms with E-state index in [0.717, 1.165) is 30.4 Å². The quantitative estimate of drug-likeness (QED) is 0.860. The number of rotatable bonds is 2. The van der Waals surface area contributed by atoms with Gasteiger partial charge in [-0.2, -0.15) is 0 Å². The Kier molecular flexibility index (Phi) is 4.12. The zero-order chi connectivity index (χ0) is 13.9. The Balaban J connectivity index is 1.75. The molecule has 0 bridgehead atoms. The highest BCUT2D eigenvalue weighted by atomic mass is 79.9. The largest absolute Gasteiger partial charge is 0.486 e. The van der Waals surface area contributed by atoms with Crippen LogP contribution in [0, 0.1) is 0 Å². The summed E-state index contributed by atoms with van der Waals surface area (Å²) < 4.78 is 11.8. The maximum absolute atomic E-state index is 12.3. The summed E-state index contributed by atoms with van der Waals surface area (Å²) in [5.41, 5.74) is 0.597. The van der Waals surface area contributed by atoms with Gasteiger partial charge < -0.3 is 20.1 Å². The van der Waals surface area contributed by atoms with Crippen LogP contribution in [-0.2, 0) is 0 Å². The molecule has 0 aromatic heterocycles. The van der Waals surface area contributed by atoms with Gasteiger partial charge in [-0.05, 0) is 54.0 Å². The van der Waals surface area contributed by atoms with Crippen LogP contribution in [0.3, 0.4) is 0 Å². The van der Waals surface area contributed by atoms with Crippen molar-refractivity contribution in [1.29, 1.82) is 0 Å². The predicted molar refractivity (Wildman–Crippen MR) is 78.5 cm³/mol. The molecule has 1 saturated heterocycles. The summed E-state index contributed by atoms with van der Waals surface area (Å²) in [6.45, 7) is 2.95. The number of benzene rings is 1. The van der Waals surface area contributed by atoms with Crippen LogP contribution in [0.1, 0.15) is 23.2 Å². The van der Waals surface area contributed by atoms with Gasteiger partial charge in [0.15, 0.2) is 11.5 Å². The van der Waals surface area contributed by atoms with Gasteiger partial charge in [0.2, 0.25) is 0 Å². The molecule has 0 spiro atoms. The highest BCUT2D eigenvalue weighted by Crippen LogP contribution is 2.38. The van der Waals surface area contributed by atoms with Crippen molar-refractivity contribution < 1.29 is 14.3 Å². The number of hydrogen-bond donors (Lipinski definition) is 2. The molecule has 1 fully saturated rings. The van der Waals surface area contributed by atoms with Gasteiger partial charge in [-0.1, -0.05) is 0 Å². The number of nitrogens with one attached hydrogen (secondary N) is 2. The van der Waals surface area contributed by atoms with Gasteiger partial charge in [-0.15, -0.1) is 0 Å². The van der Waals surface area contributed by atoms with Crippen LogP contribution in [0.5, 0.6) is 11.5 Å². The second-order valence-corrected chi connectivity index (χ2v) is 5.83. The number of ether oxygens (including phenoxy) is 2. The molecule has 0 saturated carbocycles. The summed E-state index contributed by atoms with van der Waals surface area (Å²) in [6.07, 6.45) is 1.94. The lowest BCUT2D eigenvalue weighted by Gasteiger charge is -2.24. The van der Waals surface area contributed by atoms with Crippen LogP contribution in [0.2, 0.25) is 0 Å². The second kappa shape index (κ2) is 6.01. The van der Waals surface area contributed by atoms with E-state index in [0.29, 0.717) is 30.3 Å². The first-order valence-electron chi connectivity index (χ1n) is 6.85. The SMILES string of the molecule is O=C(NC1CCNCC1)c1cc(Br)c2c(c1)OCCO2. The number of piperidine rings is 1. The molecule has 1 amide bonds. The molecule has 0 aliphatic carbocycles. The second-order valence-electron chi connectivity index (χ2n) is 4.98. The zero-order valence-electron chi connectivity index (χ0n) is 11.1. The molecular formula is C14H17BrN2O3. The Morgan fingerprint density at radius 3 is 2.80 bits per heavy atom. The first kappa shape index (κ1) is 13.7. The van der Waals surface area contributed by atoms with Crippen LogP contribution < -0.4 is 20.1 Å². The molecule has 1 aromatic carbocycles. The van der Waals surface area contributed by atoms with Crippen molar-refractivity contribution in [1.82, 2.24) is 10.6 Å². The molecule has 20 heavy (non-hydrogen) atoms. The predicted octanol–water partition coefficient (Wildman–Crippen LogP) is 1.70. The molecule has 6 heteroatoms. The lowest BCUT2D eigenvalue weighted by Crippen LogP contribution is -2.42.